The second kappa shape index (κ2) is 24.1. The lowest BCUT2D eigenvalue weighted by molar-refractivity contribution is -0.296. The number of unbranched alkanes of at least 4 members (excludes halogenated alkanes) is 1. The molecule has 4 rings (SSSR count). The summed E-state index contributed by atoms with van der Waals surface area (Å²) in [5.41, 5.74) is 6.23. The third-order valence-electron chi connectivity index (χ3n) is 13.7. The number of hydrogen-bond donors (Lipinski definition) is 5. The fraction of sp³-hybridized carbons (Fsp3) is 0.739. The number of ether oxygens (including phenoxy) is 4. The summed E-state index contributed by atoms with van der Waals surface area (Å²) in [7, 11) is 5.10. The first-order valence-electron chi connectivity index (χ1n) is 23.0. The van der Waals surface area contributed by atoms with Crippen LogP contribution in [0.2, 0.25) is 0 Å². The second-order valence-electron chi connectivity index (χ2n) is 19.0. The minimum Gasteiger partial charge on any atom is -0.481 e. The Balaban J connectivity index is 1.51. The number of halogens is 2. The number of ketones is 1. The van der Waals surface area contributed by atoms with Crippen molar-refractivity contribution in [1.82, 2.24) is 35.4 Å². The third kappa shape index (κ3) is 13.5. The number of carboxylic acid groups (broad SMARTS) is 1. The number of anilines is 1. The van der Waals surface area contributed by atoms with Gasteiger partial charge < -0.3 is 50.4 Å². The molecule has 18 nitrogen and oxygen atoms in total. The number of Topliss-reactive ketones (excluding diaryl/α,β-unsaturated/α-hetero) is 1. The molecule has 3 unspecified atom stereocenters. The largest absolute Gasteiger partial charge is 0.481 e. The molecule has 2 amide bonds. The van der Waals surface area contributed by atoms with Gasteiger partial charge >= 0.3 is 12.1 Å². The summed E-state index contributed by atoms with van der Waals surface area (Å²) in [6, 6.07) is 6.49. The van der Waals surface area contributed by atoms with Crippen LogP contribution in [0.3, 0.4) is 0 Å². The van der Waals surface area contributed by atoms with Crippen LogP contribution in [0.5, 0.6) is 0 Å². The molecular weight excluding hydrogens is 895 g/mol. The Labute approximate surface area is 399 Å². The van der Waals surface area contributed by atoms with Crippen molar-refractivity contribution in [3.8, 4) is 11.3 Å². The Morgan fingerprint density at radius 2 is 1.82 bits per heavy atom. The summed E-state index contributed by atoms with van der Waals surface area (Å²) in [4.78, 5) is 54.1. The number of methoxy groups -OCH3 is 1. The molecule has 2 aliphatic rings. The molecular formula is C46H74Cl2N8O10. The van der Waals surface area contributed by atoms with Crippen molar-refractivity contribution in [1.29, 1.82) is 0 Å². The monoisotopic (exact) mass is 968 g/mol. The van der Waals surface area contributed by atoms with E-state index in [1.807, 2.05) is 54.1 Å². The fourth-order valence-electron chi connectivity index (χ4n) is 9.46. The van der Waals surface area contributed by atoms with Gasteiger partial charge in [0, 0.05) is 56.0 Å². The number of aliphatic hydroxyl groups is 1. The minimum absolute atomic E-state index is 0.0178. The zero-order valence-electron chi connectivity index (χ0n) is 40.4. The Hall–Kier alpha value is -3.62. The Morgan fingerprint density at radius 3 is 2.42 bits per heavy atom. The van der Waals surface area contributed by atoms with E-state index in [1.165, 1.54) is 14.0 Å². The van der Waals surface area contributed by atoms with E-state index in [9.17, 15) is 29.4 Å². The quantitative estimate of drug-likeness (QED) is 0.0362. The molecule has 2 aliphatic heterocycles. The van der Waals surface area contributed by atoms with E-state index in [-0.39, 0.29) is 36.6 Å². The summed E-state index contributed by atoms with van der Waals surface area (Å²) in [5, 5.41) is 36.4. The molecule has 0 saturated carbocycles. The molecule has 0 radical (unpaired) electrons. The first-order chi connectivity index (χ1) is 31.0. The number of rotatable bonds is 26. The predicted octanol–water partition coefficient (Wildman–Crippen LogP) is 4.98. The lowest BCUT2D eigenvalue weighted by Gasteiger charge is -2.47. The van der Waals surface area contributed by atoms with Crippen LogP contribution in [0.4, 0.5) is 10.5 Å². The number of carbonyl (C=O) groups excluding carboxylic acids is 3. The van der Waals surface area contributed by atoms with Crippen LogP contribution in [-0.2, 0) is 39.9 Å². The summed E-state index contributed by atoms with van der Waals surface area (Å²) < 4.78 is 27.1. The number of nitrogen functional groups attached to an aromatic ring is 1. The first kappa shape index (κ1) is 55.0. The highest BCUT2D eigenvalue weighted by Crippen LogP contribution is 2.40. The third-order valence-corrected chi connectivity index (χ3v) is 14.1. The number of cyclic esters (lactones) is 1. The number of likely N-dealkylation sites (N-methyl/N-ethyl adjacent to an activating group) is 1. The average molecular weight is 970 g/mol. The van der Waals surface area contributed by atoms with E-state index < -0.39 is 76.2 Å². The van der Waals surface area contributed by atoms with Crippen LogP contribution in [-0.4, -0.2) is 158 Å². The number of aliphatic hydroxyl groups excluding tert-OH is 1. The SMILES string of the molecule is CC[C@@H](C)[C@@]1(C)OC(=O)N(CCCCn2cc(-c3cccc(N)c3)nn2)[C@@H]1[C@@H](C)NC[C@H](C)C[C@@](C)(OC)[C@H](O[C@@H]1OC(CNC(=O)C(Cl)Cl)CC(N(C)C)C1O)[C@@H](C)C(=O)[C@@H](C)C(=O)O. The van der Waals surface area contributed by atoms with E-state index in [0.717, 1.165) is 24.1 Å². The van der Waals surface area contributed by atoms with Crippen molar-refractivity contribution in [2.75, 3.05) is 46.6 Å². The first-order valence-corrected chi connectivity index (χ1v) is 23.9. The van der Waals surface area contributed by atoms with E-state index in [4.69, 9.17) is 47.9 Å². The van der Waals surface area contributed by atoms with Crippen LogP contribution in [0.25, 0.3) is 11.3 Å². The number of aromatic nitrogens is 3. The van der Waals surface area contributed by atoms with Gasteiger partial charge in [0.15, 0.2) is 16.9 Å². The number of amides is 2. The molecule has 3 heterocycles. The normalized spacial score (nSPS) is 26.0. The van der Waals surface area contributed by atoms with Gasteiger partial charge in [-0.15, -0.1) is 5.10 Å². The predicted molar refractivity (Wildman–Crippen MR) is 252 cm³/mol. The molecule has 66 heavy (non-hydrogen) atoms. The van der Waals surface area contributed by atoms with Crippen molar-refractivity contribution >= 4 is 52.6 Å². The highest BCUT2D eigenvalue weighted by Gasteiger charge is 2.55. The zero-order valence-corrected chi connectivity index (χ0v) is 41.9. The summed E-state index contributed by atoms with van der Waals surface area (Å²) in [6.07, 6.45) is 0.196. The summed E-state index contributed by atoms with van der Waals surface area (Å²) in [5.74, 6) is -4.92. The van der Waals surface area contributed by atoms with E-state index in [0.29, 0.717) is 44.6 Å². The van der Waals surface area contributed by atoms with Crippen molar-refractivity contribution in [2.45, 2.75) is 153 Å². The summed E-state index contributed by atoms with van der Waals surface area (Å²) in [6.45, 7) is 16.6. The highest BCUT2D eigenvalue weighted by molar-refractivity contribution is 6.53. The van der Waals surface area contributed by atoms with Gasteiger partial charge in [-0.3, -0.25) is 24.0 Å². The van der Waals surface area contributed by atoms with Gasteiger partial charge in [-0.1, -0.05) is 68.2 Å². The Morgan fingerprint density at radius 1 is 1.14 bits per heavy atom. The maximum atomic E-state index is 13.8. The molecule has 13 atom stereocenters. The van der Waals surface area contributed by atoms with Gasteiger partial charge in [-0.25, -0.2) is 4.79 Å². The van der Waals surface area contributed by atoms with Crippen molar-refractivity contribution < 1.29 is 48.3 Å². The van der Waals surface area contributed by atoms with E-state index in [1.54, 1.807) is 32.6 Å². The van der Waals surface area contributed by atoms with Gasteiger partial charge in [0.1, 0.15) is 23.3 Å². The number of carboxylic acids is 1. The van der Waals surface area contributed by atoms with Crippen LogP contribution in [0.1, 0.15) is 87.5 Å². The van der Waals surface area contributed by atoms with Crippen LogP contribution < -0.4 is 16.4 Å². The molecule has 6 N–H and O–H groups in total. The van der Waals surface area contributed by atoms with Gasteiger partial charge in [0.05, 0.1) is 30.0 Å². The average Bonchev–Trinajstić information content (AvgIpc) is 3.85. The van der Waals surface area contributed by atoms with Gasteiger partial charge in [0.2, 0.25) is 0 Å². The molecule has 20 heteroatoms. The molecule has 2 fully saturated rings. The standard InChI is InChI=1S/C46H74Cl2N8O10/c1-12-27(3)46(8)38(56(44(62)66-46)19-14-13-18-55-25-34(52-53-55)31-16-15-17-32(49)20-31)30(6)50-23-26(2)22-45(7,63-11)39(28(4)36(57)29(5)42(60)61)65-43-37(58)35(54(9)10)21-33(64-43)24-51-41(59)40(47)48/h15-17,20,25-30,33,35,37-40,43,50,58H,12-14,18-19,21-24,49H2,1-11H3,(H,51,59)(H,60,61)/t26-,27-,28+,29-,30-,33?,35?,37?,38-,39-,43+,45-,46-/m1/s1. The number of benzene rings is 1. The topological polar surface area (TPSA) is 233 Å². The molecule has 0 aliphatic carbocycles. The number of nitrogens with two attached hydrogens (primary N) is 1. The number of aliphatic carboxylic acids is 1. The van der Waals surface area contributed by atoms with Crippen molar-refractivity contribution in [2.24, 2.45) is 23.7 Å². The number of hydrogen-bond acceptors (Lipinski definition) is 14. The van der Waals surface area contributed by atoms with Crippen LogP contribution in [0, 0.1) is 23.7 Å². The van der Waals surface area contributed by atoms with Crippen molar-refractivity contribution in [3.05, 3.63) is 30.5 Å². The second-order valence-corrected chi connectivity index (χ2v) is 20.1. The van der Waals surface area contributed by atoms with E-state index in [2.05, 4.69) is 41.7 Å². The summed E-state index contributed by atoms with van der Waals surface area (Å²) >= 11 is 11.5. The number of nitrogens with zero attached hydrogens (tertiary/aromatic N) is 5. The molecule has 0 spiro atoms. The van der Waals surface area contributed by atoms with Gasteiger partial charge in [-0.2, -0.15) is 0 Å². The number of alkyl halides is 2. The maximum Gasteiger partial charge on any atom is 0.410 e. The number of carbonyl (C=O) groups is 4. The molecule has 372 valence electrons. The van der Waals surface area contributed by atoms with Crippen LogP contribution in [0.15, 0.2) is 30.5 Å². The fourth-order valence-corrected chi connectivity index (χ4v) is 9.62. The number of aryl methyl sites for hydroxylation is 1. The number of nitrogens with one attached hydrogen (secondary N) is 2. The molecule has 2 saturated heterocycles. The van der Waals surface area contributed by atoms with E-state index >= 15 is 0 Å². The molecule has 2 aromatic rings. The molecule has 1 aromatic carbocycles. The highest BCUT2D eigenvalue weighted by atomic mass is 35.5. The lowest BCUT2D eigenvalue weighted by atomic mass is 9.78. The zero-order chi connectivity index (χ0) is 49.3. The maximum absolute atomic E-state index is 13.8. The van der Waals surface area contributed by atoms with Gasteiger partial charge in [0.25, 0.3) is 5.91 Å². The lowest BCUT2D eigenvalue weighted by Crippen LogP contribution is -2.60. The van der Waals surface area contributed by atoms with Crippen LogP contribution >= 0.6 is 23.2 Å². The van der Waals surface area contributed by atoms with Gasteiger partial charge in [-0.05, 0) is 104 Å². The van der Waals surface area contributed by atoms with Crippen molar-refractivity contribution in [3.63, 3.8) is 0 Å². The molecule has 1 aromatic heterocycles. The Kier molecular flexibility index (Phi) is 20.1. The smallest absolute Gasteiger partial charge is 0.410 e. The Bertz CT molecular complexity index is 1930. The molecule has 0 bridgehead atoms. The minimum atomic E-state index is -1.35.